The first-order chi connectivity index (χ1) is 7.65. The van der Waals surface area contributed by atoms with E-state index in [-0.39, 0.29) is 16.5 Å². The summed E-state index contributed by atoms with van der Waals surface area (Å²) in [4.78, 5) is 14.7. The molecule has 2 rings (SSSR count). The van der Waals surface area contributed by atoms with Gasteiger partial charge < -0.3 is 4.74 Å². The van der Waals surface area contributed by atoms with Crippen molar-refractivity contribution < 1.29 is 13.9 Å². The molecule has 0 atom stereocenters. The number of benzene rings is 1. The first-order valence-electron chi connectivity index (χ1n) is 4.44. The third-order valence-corrected chi connectivity index (χ3v) is 2.48. The fraction of sp³-hybridized carbons (Fsp3) is 0.0909. The Kier molecular flexibility index (Phi) is 2.75. The first kappa shape index (κ1) is 10.8. The van der Waals surface area contributed by atoms with E-state index < -0.39 is 5.82 Å². The second-order valence-corrected chi connectivity index (χ2v) is 3.52. The molecule has 82 valence electrons. The lowest BCUT2D eigenvalue weighted by Gasteiger charge is -2.06. The number of carbonyl (C=O) groups excluding carboxylic acids is 1. The molecule has 0 saturated heterocycles. The van der Waals surface area contributed by atoms with Crippen molar-refractivity contribution in [1.82, 2.24) is 4.98 Å². The zero-order chi connectivity index (χ0) is 11.7. The van der Waals surface area contributed by atoms with Crippen molar-refractivity contribution in [2.75, 3.05) is 7.11 Å². The summed E-state index contributed by atoms with van der Waals surface area (Å²) in [6.07, 6.45) is 0.576. The van der Waals surface area contributed by atoms with Crippen LogP contribution in [0.15, 0.2) is 18.2 Å². The Morgan fingerprint density at radius 2 is 2.19 bits per heavy atom. The van der Waals surface area contributed by atoms with Crippen LogP contribution in [0.4, 0.5) is 4.39 Å². The van der Waals surface area contributed by atoms with E-state index in [1.807, 2.05) is 0 Å². The second kappa shape index (κ2) is 4.06. The number of rotatable bonds is 2. The highest BCUT2D eigenvalue weighted by atomic mass is 35.5. The third kappa shape index (κ3) is 1.72. The Morgan fingerprint density at radius 3 is 2.81 bits per heavy atom. The molecule has 1 heterocycles. The average molecular weight is 240 g/mol. The smallest absolute Gasteiger partial charge is 0.153 e. The predicted octanol–water partition coefficient (Wildman–Crippen LogP) is 2.85. The molecule has 0 fully saturated rings. The molecule has 16 heavy (non-hydrogen) atoms. The number of aldehydes is 1. The van der Waals surface area contributed by atoms with Crippen LogP contribution in [0.25, 0.3) is 10.9 Å². The molecule has 1 aromatic heterocycles. The molecule has 0 spiro atoms. The Bertz CT molecular complexity index is 571. The van der Waals surface area contributed by atoms with Gasteiger partial charge in [-0.05, 0) is 12.1 Å². The highest BCUT2D eigenvalue weighted by Crippen LogP contribution is 2.28. The van der Waals surface area contributed by atoms with E-state index in [1.165, 1.54) is 25.3 Å². The maximum atomic E-state index is 13.2. The van der Waals surface area contributed by atoms with Crippen molar-refractivity contribution in [3.63, 3.8) is 0 Å². The van der Waals surface area contributed by atoms with Gasteiger partial charge in [0.2, 0.25) is 0 Å². The standard InChI is InChI=1S/C11H7ClFNO2/c1-16-9-4-8(13)3-6-2-7(5-15)11(12)14-10(6)9/h2-5H,1H3. The summed E-state index contributed by atoms with van der Waals surface area (Å²) >= 11 is 5.78. The number of carbonyl (C=O) groups is 1. The van der Waals surface area contributed by atoms with Gasteiger partial charge in [-0.15, -0.1) is 0 Å². The van der Waals surface area contributed by atoms with Gasteiger partial charge in [0, 0.05) is 11.5 Å². The van der Waals surface area contributed by atoms with Crippen molar-refractivity contribution in [3.8, 4) is 5.75 Å². The zero-order valence-electron chi connectivity index (χ0n) is 8.33. The van der Waals surface area contributed by atoms with Crippen molar-refractivity contribution in [2.45, 2.75) is 0 Å². The molecule has 3 nitrogen and oxygen atoms in total. The Morgan fingerprint density at radius 1 is 1.44 bits per heavy atom. The summed E-state index contributed by atoms with van der Waals surface area (Å²) in [7, 11) is 1.41. The molecule has 0 N–H and O–H groups in total. The van der Waals surface area contributed by atoms with E-state index in [2.05, 4.69) is 4.98 Å². The van der Waals surface area contributed by atoms with Crippen LogP contribution in [0.3, 0.4) is 0 Å². The quantitative estimate of drug-likeness (QED) is 0.598. The fourth-order valence-corrected chi connectivity index (χ4v) is 1.64. The molecule has 0 aliphatic carbocycles. The van der Waals surface area contributed by atoms with Gasteiger partial charge in [0.25, 0.3) is 0 Å². The van der Waals surface area contributed by atoms with E-state index >= 15 is 0 Å². The van der Waals surface area contributed by atoms with Crippen molar-refractivity contribution in [2.24, 2.45) is 0 Å². The predicted molar refractivity (Wildman–Crippen MR) is 58.7 cm³/mol. The lowest BCUT2D eigenvalue weighted by Crippen LogP contribution is -1.93. The van der Waals surface area contributed by atoms with Crippen molar-refractivity contribution in [1.29, 1.82) is 0 Å². The van der Waals surface area contributed by atoms with Crippen LogP contribution in [0.1, 0.15) is 10.4 Å². The Labute approximate surface area is 95.8 Å². The number of hydrogen-bond donors (Lipinski definition) is 0. The molecule has 2 aromatic rings. The van der Waals surface area contributed by atoms with E-state index in [0.29, 0.717) is 17.2 Å². The number of nitrogens with zero attached hydrogens (tertiary/aromatic N) is 1. The van der Waals surface area contributed by atoms with E-state index in [1.54, 1.807) is 0 Å². The molecule has 5 heteroatoms. The maximum absolute atomic E-state index is 13.2. The van der Waals surface area contributed by atoms with E-state index in [0.717, 1.165) is 0 Å². The summed E-state index contributed by atoms with van der Waals surface area (Å²) in [6, 6.07) is 3.96. The highest BCUT2D eigenvalue weighted by Gasteiger charge is 2.10. The lowest BCUT2D eigenvalue weighted by molar-refractivity contribution is 0.112. The van der Waals surface area contributed by atoms with Gasteiger partial charge in [-0.25, -0.2) is 9.37 Å². The Balaban J connectivity index is 2.84. The molecule has 0 saturated carbocycles. The Hall–Kier alpha value is -1.68. The number of hydrogen-bond acceptors (Lipinski definition) is 3. The van der Waals surface area contributed by atoms with Gasteiger partial charge in [0.15, 0.2) is 6.29 Å². The van der Waals surface area contributed by atoms with E-state index in [4.69, 9.17) is 16.3 Å². The number of halogens is 2. The monoisotopic (exact) mass is 239 g/mol. The average Bonchev–Trinajstić information content (AvgIpc) is 2.28. The summed E-state index contributed by atoms with van der Waals surface area (Å²) in [5.41, 5.74) is 0.654. The van der Waals surface area contributed by atoms with Crippen LogP contribution >= 0.6 is 11.6 Å². The van der Waals surface area contributed by atoms with Gasteiger partial charge in [-0.2, -0.15) is 0 Å². The minimum absolute atomic E-state index is 0.0763. The molecule has 1 aromatic carbocycles. The minimum atomic E-state index is -0.453. The van der Waals surface area contributed by atoms with Crippen LogP contribution in [-0.2, 0) is 0 Å². The first-order valence-corrected chi connectivity index (χ1v) is 4.82. The highest BCUT2D eigenvalue weighted by molar-refractivity contribution is 6.32. The topological polar surface area (TPSA) is 39.2 Å². The minimum Gasteiger partial charge on any atom is -0.494 e. The van der Waals surface area contributed by atoms with Gasteiger partial charge in [-0.3, -0.25) is 4.79 Å². The number of aromatic nitrogens is 1. The summed E-state index contributed by atoms with van der Waals surface area (Å²) in [5.74, 6) is -0.167. The molecule has 0 aliphatic heterocycles. The van der Waals surface area contributed by atoms with Gasteiger partial charge in [0.1, 0.15) is 22.2 Å². The summed E-state index contributed by atoms with van der Waals surface area (Å²) in [6.45, 7) is 0. The van der Waals surface area contributed by atoms with Crippen LogP contribution in [0.2, 0.25) is 5.15 Å². The normalized spacial score (nSPS) is 10.4. The molecule has 0 aliphatic rings. The largest absolute Gasteiger partial charge is 0.494 e. The number of ether oxygens (including phenoxy) is 1. The van der Waals surface area contributed by atoms with Crippen molar-refractivity contribution in [3.05, 3.63) is 34.7 Å². The molecule has 0 unspecified atom stereocenters. The van der Waals surface area contributed by atoms with E-state index in [9.17, 15) is 9.18 Å². The molecule has 0 amide bonds. The molecular formula is C11H7ClFNO2. The fourth-order valence-electron chi connectivity index (χ4n) is 1.45. The third-order valence-electron chi connectivity index (χ3n) is 2.18. The van der Waals surface area contributed by atoms with Gasteiger partial charge in [-0.1, -0.05) is 11.6 Å². The SMILES string of the molecule is COc1cc(F)cc2cc(C=O)c(Cl)nc12. The van der Waals surface area contributed by atoms with Gasteiger partial charge in [0.05, 0.1) is 12.7 Å². The van der Waals surface area contributed by atoms with Crippen LogP contribution in [-0.4, -0.2) is 18.4 Å². The van der Waals surface area contributed by atoms with Crippen molar-refractivity contribution >= 4 is 28.8 Å². The molecule has 0 bridgehead atoms. The maximum Gasteiger partial charge on any atom is 0.153 e. The van der Waals surface area contributed by atoms with Crippen LogP contribution in [0, 0.1) is 5.82 Å². The zero-order valence-corrected chi connectivity index (χ0v) is 9.08. The molecular weight excluding hydrogens is 233 g/mol. The second-order valence-electron chi connectivity index (χ2n) is 3.17. The van der Waals surface area contributed by atoms with Crippen LogP contribution in [0.5, 0.6) is 5.75 Å². The lowest BCUT2D eigenvalue weighted by atomic mass is 10.1. The number of methoxy groups -OCH3 is 1. The van der Waals surface area contributed by atoms with Gasteiger partial charge >= 0.3 is 0 Å². The van der Waals surface area contributed by atoms with Crippen LogP contribution < -0.4 is 4.74 Å². The summed E-state index contributed by atoms with van der Waals surface area (Å²) < 4.78 is 18.2. The summed E-state index contributed by atoms with van der Waals surface area (Å²) in [5, 5.41) is 0.552. The molecule has 0 radical (unpaired) electrons. The number of fused-ring (bicyclic) bond motifs is 1. The number of pyridine rings is 1.